The molecule has 1 aromatic heterocycles. The molecule has 1 aliphatic rings. The van der Waals surface area contributed by atoms with Crippen LogP contribution in [0.25, 0.3) is 10.9 Å². The number of hydrogen-bond acceptors (Lipinski definition) is 4. The van der Waals surface area contributed by atoms with Crippen molar-refractivity contribution in [2.45, 2.75) is 6.18 Å². The minimum atomic E-state index is -4.44. The number of carbonyl (C=O) groups excluding carboxylic acids is 1. The molecule has 1 saturated heterocycles. The summed E-state index contributed by atoms with van der Waals surface area (Å²) in [4.78, 5) is 21.6. The highest BCUT2D eigenvalue weighted by atomic mass is 19.4. The number of para-hydroxylation sites is 2. The van der Waals surface area contributed by atoms with Gasteiger partial charge < -0.3 is 15.1 Å². The van der Waals surface area contributed by atoms with Gasteiger partial charge in [0.1, 0.15) is 0 Å². The third kappa shape index (κ3) is 4.77. The molecule has 5 rings (SSSR count). The standard InChI is InChI=1S/C27H23F3N4O/c28-27(29,30)19-10-11-21-24(12-13-31-25(21)18-19)32-23-9-5-4-8-22(23)26(35)34-16-14-33(15-17-34)20-6-2-1-3-7-20/h1-13,18H,14-17H2,(H,31,32). The van der Waals surface area contributed by atoms with E-state index in [9.17, 15) is 18.0 Å². The maximum Gasteiger partial charge on any atom is 0.416 e. The van der Waals surface area contributed by atoms with Gasteiger partial charge in [0.2, 0.25) is 0 Å². The predicted molar refractivity (Wildman–Crippen MR) is 131 cm³/mol. The number of benzene rings is 3. The minimum Gasteiger partial charge on any atom is -0.368 e. The van der Waals surface area contributed by atoms with E-state index in [1.165, 1.54) is 12.3 Å². The number of nitrogens with one attached hydrogen (secondary N) is 1. The Labute approximate surface area is 200 Å². The number of rotatable bonds is 4. The van der Waals surface area contributed by atoms with E-state index in [1.807, 2.05) is 29.2 Å². The largest absolute Gasteiger partial charge is 0.416 e. The summed E-state index contributed by atoms with van der Waals surface area (Å²) in [5, 5.41) is 3.79. The number of nitrogens with zero attached hydrogens (tertiary/aromatic N) is 3. The van der Waals surface area contributed by atoms with Crippen LogP contribution in [0.2, 0.25) is 0 Å². The molecule has 0 radical (unpaired) electrons. The van der Waals surface area contributed by atoms with E-state index < -0.39 is 11.7 Å². The van der Waals surface area contributed by atoms with Crippen molar-refractivity contribution >= 4 is 33.9 Å². The van der Waals surface area contributed by atoms with E-state index in [4.69, 9.17) is 0 Å². The molecule has 0 atom stereocenters. The molecule has 35 heavy (non-hydrogen) atoms. The molecule has 1 N–H and O–H groups in total. The molecule has 1 fully saturated rings. The molecule has 178 valence electrons. The average Bonchev–Trinajstić information content (AvgIpc) is 2.88. The van der Waals surface area contributed by atoms with Gasteiger partial charge in [-0.3, -0.25) is 9.78 Å². The minimum absolute atomic E-state index is 0.0847. The zero-order chi connectivity index (χ0) is 24.4. The Balaban J connectivity index is 1.36. The molecular formula is C27H23F3N4O. The molecule has 8 heteroatoms. The van der Waals surface area contributed by atoms with Crippen molar-refractivity contribution in [3.8, 4) is 0 Å². The Morgan fingerprint density at radius 2 is 1.54 bits per heavy atom. The third-order valence-corrected chi connectivity index (χ3v) is 6.19. The summed E-state index contributed by atoms with van der Waals surface area (Å²) < 4.78 is 39.3. The van der Waals surface area contributed by atoms with Crippen LogP contribution in [0.5, 0.6) is 0 Å². The summed E-state index contributed by atoms with van der Waals surface area (Å²) in [6.45, 7) is 2.67. The lowest BCUT2D eigenvalue weighted by molar-refractivity contribution is -0.137. The lowest BCUT2D eigenvalue weighted by Crippen LogP contribution is -2.48. The Kier molecular flexibility index (Phi) is 6.03. The normalized spacial score (nSPS) is 14.3. The van der Waals surface area contributed by atoms with Crippen LogP contribution in [0.15, 0.2) is 85.1 Å². The fourth-order valence-corrected chi connectivity index (χ4v) is 4.33. The van der Waals surface area contributed by atoms with Gasteiger partial charge in [0.15, 0.2) is 0 Å². The van der Waals surface area contributed by atoms with Crippen LogP contribution in [0.3, 0.4) is 0 Å². The second-order valence-electron chi connectivity index (χ2n) is 8.37. The van der Waals surface area contributed by atoms with Gasteiger partial charge in [-0.05, 0) is 42.5 Å². The first-order chi connectivity index (χ1) is 16.9. The van der Waals surface area contributed by atoms with Crippen LogP contribution < -0.4 is 10.2 Å². The van der Waals surface area contributed by atoms with E-state index in [0.717, 1.165) is 30.9 Å². The lowest BCUT2D eigenvalue weighted by Gasteiger charge is -2.36. The molecule has 1 amide bonds. The van der Waals surface area contributed by atoms with Crippen molar-refractivity contribution in [2.24, 2.45) is 0 Å². The van der Waals surface area contributed by atoms with Crippen LogP contribution >= 0.6 is 0 Å². The van der Waals surface area contributed by atoms with E-state index in [-0.39, 0.29) is 11.4 Å². The first kappa shape index (κ1) is 22.7. The molecule has 3 aromatic carbocycles. The summed E-state index contributed by atoms with van der Waals surface area (Å²) in [6, 6.07) is 22.5. The Morgan fingerprint density at radius 3 is 2.29 bits per heavy atom. The zero-order valence-electron chi connectivity index (χ0n) is 18.8. The van der Waals surface area contributed by atoms with Crippen LogP contribution in [-0.4, -0.2) is 42.0 Å². The van der Waals surface area contributed by atoms with Gasteiger partial charge in [-0.15, -0.1) is 0 Å². The van der Waals surface area contributed by atoms with Gasteiger partial charge in [-0.1, -0.05) is 36.4 Å². The Morgan fingerprint density at radius 1 is 0.829 bits per heavy atom. The summed E-state index contributed by atoms with van der Waals surface area (Å²) >= 11 is 0. The quantitative estimate of drug-likeness (QED) is 0.395. The Bertz CT molecular complexity index is 1350. The fraction of sp³-hybridized carbons (Fsp3) is 0.185. The predicted octanol–water partition coefficient (Wildman–Crippen LogP) is 5.96. The monoisotopic (exact) mass is 476 g/mol. The number of anilines is 3. The van der Waals surface area contributed by atoms with Crippen molar-refractivity contribution in [1.82, 2.24) is 9.88 Å². The van der Waals surface area contributed by atoms with Crippen molar-refractivity contribution < 1.29 is 18.0 Å². The summed E-state index contributed by atoms with van der Waals surface area (Å²) in [5.74, 6) is -0.0847. The van der Waals surface area contributed by atoms with Gasteiger partial charge in [0.05, 0.1) is 22.3 Å². The molecule has 4 aromatic rings. The number of piperazine rings is 1. The number of amides is 1. The SMILES string of the molecule is O=C(c1ccccc1Nc1ccnc2cc(C(F)(F)F)ccc12)N1CCN(c2ccccc2)CC1. The van der Waals surface area contributed by atoms with E-state index in [2.05, 4.69) is 27.3 Å². The number of pyridine rings is 1. The average molecular weight is 477 g/mol. The van der Waals surface area contributed by atoms with Crippen LogP contribution in [0.1, 0.15) is 15.9 Å². The van der Waals surface area contributed by atoms with Crippen LogP contribution in [0.4, 0.5) is 30.2 Å². The number of alkyl halides is 3. The van der Waals surface area contributed by atoms with Gasteiger partial charge >= 0.3 is 6.18 Å². The van der Waals surface area contributed by atoms with Crippen LogP contribution in [0, 0.1) is 0 Å². The smallest absolute Gasteiger partial charge is 0.368 e. The zero-order valence-corrected chi connectivity index (χ0v) is 18.8. The highest BCUT2D eigenvalue weighted by molar-refractivity contribution is 6.02. The molecule has 0 bridgehead atoms. The summed E-state index contributed by atoms with van der Waals surface area (Å²) in [7, 11) is 0. The van der Waals surface area contributed by atoms with E-state index >= 15 is 0 Å². The van der Waals surface area contributed by atoms with Crippen LogP contribution in [-0.2, 0) is 6.18 Å². The second-order valence-corrected chi connectivity index (χ2v) is 8.37. The van der Waals surface area contributed by atoms with Gasteiger partial charge in [0, 0.05) is 49.1 Å². The topological polar surface area (TPSA) is 48.5 Å². The van der Waals surface area contributed by atoms with Crippen molar-refractivity contribution in [2.75, 3.05) is 36.4 Å². The molecule has 5 nitrogen and oxygen atoms in total. The van der Waals surface area contributed by atoms with Crippen molar-refractivity contribution in [3.63, 3.8) is 0 Å². The number of hydrogen-bond donors (Lipinski definition) is 1. The molecule has 1 aliphatic heterocycles. The molecule has 0 spiro atoms. The molecule has 0 unspecified atom stereocenters. The molecule has 0 aliphatic carbocycles. The number of carbonyl (C=O) groups is 1. The van der Waals surface area contributed by atoms with E-state index in [0.29, 0.717) is 35.4 Å². The van der Waals surface area contributed by atoms with Gasteiger partial charge in [0.25, 0.3) is 5.91 Å². The Hall–Kier alpha value is -4.07. The first-order valence-electron chi connectivity index (χ1n) is 11.3. The second kappa shape index (κ2) is 9.29. The highest BCUT2D eigenvalue weighted by Gasteiger charge is 2.31. The number of halogens is 3. The van der Waals surface area contributed by atoms with Gasteiger partial charge in [-0.2, -0.15) is 13.2 Å². The third-order valence-electron chi connectivity index (χ3n) is 6.19. The van der Waals surface area contributed by atoms with Crippen molar-refractivity contribution in [3.05, 3.63) is 96.2 Å². The summed E-state index contributed by atoms with van der Waals surface area (Å²) in [6.07, 6.45) is -2.99. The number of aromatic nitrogens is 1. The first-order valence-corrected chi connectivity index (χ1v) is 11.3. The molecule has 2 heterocycles. The van der Waals surface area contributed by atoms with E-state index in [1.54, 1.807) is 24.3 Å². The summed E-state index contributed by atoms with van der Waals surface area (Å²) in [5.41, 5.74) is 2.30. The van der Waals surface area contributed by atoms with Crippen molar-refractivity contribution in [1.29, 1.82) is 0 Å². The number of fused-ring (bicyclic) bond motifs is 1. The fourth-order valence-electron chi connectivity index (χ4n) is 4.33. The maximum atomic E-state index is 13.4. The lowest BCUT2D eigenvalue weighted by atomic mass is 10.1. The van der Waals surface area contributed by atoms with Gasteiger partial charge in [-0.25, -0.2) is 0 Å². The highest BCUT2D eigenvalue weighted by Crippen LogP contribution is 2.34. The molecular weight excluding hydrogens is 453 g/mol. The molecule has 0 saturated carbocycles. The maximum absolute atomic E-state index is 13.4.